The molecule has 0 atom stereocenters. The van der Waals surface area contributed by atoms with Crippen molar-refractivity contribution in [2.24, 2.45) is 0 Å². The Morgan fingerprint density at radius 2 is 1.44 bits per heavy atom. The first-order valence-electron chi connectivity index (χ1n) is 14.3. The van der Waals surface area contributed by atoms with Crippen LogP contribution < -0.4 is 24.8 Å². The van der Waals surface area contributed by atoms with Gasteiger partial charge in [-0.15, -0.1) is 13.2 Å². The molecule has 5 rings (SSSR count). The number of alkyl halides is 3. The van der Waals surface area contributed by atoms with Gasteiger partial charge in [-0.05, 0) is 73.5 Å². The third-order valence-electron chi connectivity index (χ3n) is 7.18. The largest absolute Gasteiger partial charge is 0.573 e. The number of halogens is 3. The van der Waals surface area contributed by atoms with E-state index in [1.54, 1.807) is 6.07 Å². The Morgan fingerprint density at radius 1 is 0.767 bits per heavy atom. The summed E-state index contributed by atoms with van der Waals surface area (Å²) < 4.78 is 53.0. The van der Waals surface area contributed by atoms with E-state index in [-0.39, 0.29) is 12.3 Å². The van der Waals surface area contributed by atoms with Crippen LogP contribution in [0.25, 0.3) is 10.8 Å². The molecule has 0 aromatic heterocycles. The fourth-order valence-corrected chi connectivity index (χ4v) is 4.98. The summed E-state index contributed by atoms with van der Waals surface area (Å²) in [5.74, 6) is 1.20. The maximum absolute atomic E-state index is 12.6. The number of hydrogen-bond donors (Lipinski definition) is 2. The number of nitrogens with zero attached hydrogens (tertiary/aromatic N) is 1. The van der Waals surface area contributed by atoms with Gasteiger partial charge in [-0.25, -0.2) is 4.79 Å². The number of carbonyl (C=O) groups is 1. The number of rotatable bonds is 11. The number of benzene rings is 4. The van der Waals surface area contributed by atoms with Crippen LogP contribution in [0.4, 0.5) is 23.7 Å². The van der Waals surface area contributed by atoms with Gasteiger partial charge in [0.15, 0.2) is 0 Å². The molecule has 0 unspecified atom stereocenters. The average Bonchev–Trinajstić information content (AvgIpc) is 3.01. The Bertz CT molecular complexity index is 1490. The lowest BCUT2D eigenvalue weighted by molar-refractivity contribution is -0.274. The van der Waals surface area contributed by atoms with Gasteiger partial charge in [0.1, 0.15) is 30.5 Å². The van der Waals surface area contributed by atoms with Gasteiger partial charge in [0, 0.05) is 23.9 Å². The summed E-state index contributed by atoms with van der Waals surface area (Å²) in [5.41, 5.74) is 2.22. The van der Waals surface area contributed by atoms with E-state index in [9.17, 15) is 18.0 Å². The third kappa shape index (κ3) is 9.02. The summed E-state index contributed by atoms with van der Waals surface area (Å²) >= 11 is 0. The van der Waals surface area contributed by atoms with E-state index in [0.717, 1.165) is 41.7 Å². The molecule has 2 amide bonds. The molecule has 43 heavy (non-hydrogen) atoms. The first kappa shape index (κ1) is 30.0. The molecule has 4 aromatic carbocycles. The summed E-state index contributed by atoms with van der Waals surface area (Å²) in [4.78, 5) is 15.1. The summed E-state index contributed by atoms with van der Waals surface area (Å²) in [5, 5.41) is 7.22. The number of urea groups is 1. The van der Waals surface area contributed by atoms with Crippen molar-refractivity contribution in [3.05, 3.63) is 96.1 Å². The van der Waals surface area contributed by atoms with E-state index < -0.39 is 12.4 Å². The molecule has 2 N–H and O–H groups in total. The number of carbonyl (C=O) groups excluding carboxylic acids is 1. The van der Waals surface area contributed by atoms with Crippen LogP contribution in [0.3, 0.4) is 0 Å². The van der Waals surface area contributed by atoms with Gasteiger partial charge in [0.2, 0.25) is 0 Å². The Hall–Kier alpha value is -4.44. The highest BCUT2D eigenvalue weighted by molar-refractivity contribution is 6.03. The Kier molecular flexibility index (Phi) is 9.88. The van der Waals surface area contributed by atoms with Crippen molar-refractivity contribution in [1.82, 2.24) is 10.2 Å². The maximum Gasteiger partial charge on any atom is 0.573 e. The second-order valence-corrected chi connectivity index (χ2v) is 10.3. The van der Waals surface area contributed by atoms with Crippen LogP contribution in [0, 0.1) is 0 Å². The van der Waals surface area contributed by atoms with Crippen molar-refractivity contribution < 1.29 is 32.2 Å². The minimum absolute atomic E-state index is 0.125. The zero-order valence-corrected chi connectivity index (χ0v) is 23.7. The zero-order chi connectivity index (χ0) is 30.1. The molecule has 1 saturated heterocycles. The van der Waals surface area contributed by atoms with Gasteiger partial charge in [-0.2, -0.15) is 0 Å². The van der Waals surface area contributed by atoms with Crippen LogP contribution in [0.2, 0.25) is 0 Å². The van der Waals surface area contributed by atoms with Gasteiger partial charge < -0.3 is 24.8 Å². The van der Waals surface area contributed by atoms with Crippen LogP contribution >= 0.6 is 0 Å². The minimum atomic E-state index is -4.75. The van der Waals surface area contributed by atoms with Crippen LogP contribution in [-0.4, -0.2) is 43.5 Å². The highest BCUT2D eigenvalue weighted by Gasteiger charge is 2.30. The van der Waals surface area contributed by atoms with Crippen molar-refractivity contribution in [1.29, 1.82) is 0 Å². The van der Waals surface area contributed by atoms with Crippen molar-refractivity contribution in [2.75, 3.05) is 31.6 Å². The van der Waals surface area contributed by atoms with Crippen LogP contribution in [0.15, 0.2) is 84.9 Å². The van der Waals surface area contributed by atoms with E-state index >= 15 is 0 Å². The smallest absolute Gasteiger partial charge is 0.492 e. The quantitative estimate of drug-likeness (QED) is 0.188. The summed E-state index contributed by atoms with van der Waals surface area (Å²) in [7, 11) is 0. The molecule has 0 aliphatic carbocycles. The standard InChI is InChI=1S/C33H34F3N3O4/c34-33(35,36)43-27-14-8-24(9-15-27)22-37-32(40)38-30-16-17-31(29-7-3-2-6-28(29)30)42-23-25-10-12-26(13-11-25)41-21-20-39-18-4-1-5-19-39/h2-3,6-17H,1,4-5,18-23H2,(H2,37,38,40). The van der Waals surface area contributed by atoms with Crippen molar-refractivity contribution in [2.45, 2.75) is 38.8 Å². The van der Waals surface area contributed by atoms with Gasteiger partial charge in [-0.3, -0.25) is 4.90 Å². The summed E-state index contributed by atoms with van der Waals surface area (Å²) in [6.07, 6.45) is -0.890. The second kappa shape index (κ2) is 14.2. The minimum Gasteiger partial charge on any atom is -0.492 e. The molecular weight excluding hydrogens is 559 g/mol. The molecule has 1 aliphatic heterocycles. The molecule has 226 valence electrons. The van der Waals surface area contributed by atoms with E-state index in [1.165, 1.54) is 43.5 Å². The molecule has 1 fully saturated rings. The monoisotopic (exact) mass is 593 g/mol. The number of piperidine rings is 1. The Morgan fingerprint density at radius 3 is 2.16 bits per heavy atom. The first-order chi connectivity index (χ1) is 20.8. The molecule has 7 nitrogen and oxygen atoms in total. The number of hydrogen-bond acceptors (Lipinski definition) is 5. The molecule has 0 bridgehead atoms. The molecule has 1 heterocycles. The Balaban J connectivity index is 1.13. The highest BCUT2D eigenvalue weighted by Crippen LogP contribution is 2.32. The van der Waals surface area contributed by atoms with Crippen molar-refractivity contribution >= 4 is 22.5 Å². The van der Waals surface area contributed by atoms with Crippen molar-refractivity contribution in [3.8, 4) is 17.2 Å². The lowest BCUT2D eigenvalue weighted by Crippen LogP contribution is -2.33. The first-order valence-corrected chi connectivity index (χ1v) is 14.3. The molecule has 10 heteroatoms. The summed E-state index contributed by atoms with van der Waals surface area (Å²) in [6.45, 7) is 4.43. The van der Waals surface area contributed by atoms with Gasteiger partial charge in [-0.1, -0.05) is 55.0 Å². The highest BCUT2D eigenvalue weighted by atomic mass is 19.4. The molecule has 0 radical (unpaired) electrons. The molecule has 0 spiro atoms. The van der Waals surface area contributed by atoms with Crippen molar-refractivity contribution in [3.63, 3.8) is 0 Å². The normalized spacial score (nSPS) is 13.8. The topological polar surface area (TPSA) is 72.1 Å². The lowest BCUT2D eigenvalue weighted by atomic mass is 10.1. The number of fused-ring (bicyclic) bond motifs is 1. The third-order valence-corrected chi connectivity index (χ3v) is 7.18. The maximum atomic E-state index is 12.6. The SMILES string of the molecule is O=C(NCc1ccc(OC(F)(F)F)cc1)Nc1ccc(OCc2ccc(OCCN3CCCCC3)cc2)c2ccccc12. The van der Waals surface area contributed by atoms with E-state index in [4.69, 9.17) is 9.47 Å². The lowest BCUT2D eigenvalue weighted by Gasteiger charge is -2.26. The van der Waals surface area contributed by atoms with E-state index in [1.807, 2.05) is 54.6 Å². The molecule has 1 aliphatic rings. The number of nitrogens with one attached hydrogen (secondary N) is 2. The number of amides is 2. The van der Waals surface area contributed by atoms with Crippen LogP contribution in [0.1, 0.15) is 30.4 Å². The predicted molar refractivity (Wildman–Crippen MR) is 159 cm³/mol. The van der Waals surface area contributed by atoms with Crippen LogP contribution in [-0.2, 0) is 13.2 Å². The Labute approximate surface area is 248 Å². The second-order valence-electron chi connectivity index (χ2n) is 10.3. The molecule has 4 aromatic rings. The van der Waals surface area contributed by atoms with Gasteiger partial charge in [0.05, 0.1) is 5.69 Å². The van der Waals surface area contributed by atoms with Gasteiger partial charge in [0.25, 0.3) is 0 Å². The number of anilines is 1. The predicted octanol–water partition coefficient (Wildman–Crippen LogP) is 7.50. The number of likely N-dealkylation sites (tertiary alicyclic amines) is 1. The number of ether oxygens (including phenoxy) is 3. The zero-order valence-electron chi connectivity index (χ0n) is 23.7. The van der Waals surface area contributed by atoms with Crippen LogP contribution in [0.5, 0.6) is 17.2 Å². The average molecular weight is 594 g/mol. The van der Waals surface area contributed by atoms with E-state index in [0.29, 0.717) is 30.2 Å². The summed E-state index contributed by atoms with van der Waals surface area (Å²) in [6, 6.07) is 24.0. The molecular formula is C33H34F3N3O4. The van der Waals surface area contributed by atoms with Gasteiger partial charge >= 0.3 is 12.4 Å². The fourth-order valence-electron chi connectivity index (χ4n) is 4.98. The van der Waals surface area contributed by atoms with E-state index in [2.05, 4.69) is 20.3 Å². The molecule has 0 saturated carbocycles. The fraction of sp³-hybridized carbons (Fsp3) is 0.303.